The minimum atomic E-state index is -0.340. The Morgan fingerprint density at radius 1 is 1.41 bits per heavy atom. The monoisotopic (exact) mass is 238 g/mol. The Kier molecular flexibility index (Phi) is 7.80. The second kappa shape index (κ2) is 8.58. The van der Waals surface area contributed by atoms with Crippen LogP contribution in [0, 0.1) is 0 Å². The van der Waals surface area contributed by atoms with Crippen LogP contribution in [0.1, 0.15) is 13.8 Å². The van der Waals surface area contributed by atoms with E-state index in [2.05, 4.69) is 6.58 Å². The second-order valence-corrected chi connectivity index (χ2v) is 3.64. The number of likely N-dealkylation sites (N-methyl/N-ethyl adjacent to an activating group) is 1. The fourth-order valence-electron chi connectivity index (χ4n) is 1.17. The first kappa shape index (κ1) is 15.4. The third-order valence-corrected chi connectivity index (χ3v) is 1.92. The summed E-state index contributed by atoms with van der Waals surface area (Å²) in [6.45, 7) is 8.37. The van der Waals surface area contributed by atoms with Crippen LogP contribution < -0.4 is 0 Å². The molecule has 96 valence electrons. The number of hydrogen-bond acceptors (Lipinski definition) is 4. The Balaban J connectivity index is 5.00. The van der Waals surface area contributed by atoms with Gasteiger partial charge in [-0.1, -0.05) is 12.7 Å². The van der Waals surface area contributed by atoms with E-state index < -0.39 is 0 Å². The Morgan fingerprint density at radius 3 is 2.47 bits per heavy atom. The molecule has 0 aliphatic heterocycles. The lowest BCUT2D eigenvalue weighted by molar-refractivity contribution is -0.139. The topological polar surface area (TPSA) is 32.8 Å². The van der Waals surface area contributed by atoms with E-state index in [1.54, 1.807) is 24.2 Å². The zero-order chi connectivity index (χ0) is 13.3. The standard InChI is InChI=1S/C13H22N2O2/c1-6-10-15(7-2)12(9-11-14(4)5)13(16)17-8-3/h6-7,9-10H,2,8,11H2,1,3-5H3/b10-6-,12-9+. The van der Waals surface area contributed by atoms with Crippen LogP contribution in [-0.4, -0.2) is 43.0 Å². The highest BCUT2D eigenvalue weighted by Gasteiger charge is 2.14. The van der Waals surface area contributed by atoms with Crippen molar-refractivity contribution in [2.75, 3.05) is 27.2 Å². The van der Waals surface area contributed by atoms with Gasteiger partial charge in [-0.3, -0.25) is 0 Å². The van der Waals surface area contributed by atoms with Crippen molar-refractivity contribution in [3.05, 3.63) is 36.8 Å². The molecule has 0 spiro atoms. The summed E-state index contributed by atoms with van der Waals surface area (Å²) in [6.07, 6.45) is 7.01. The summed E-state index contributed by atoms with van der Waals surface area (Å²) < 4.78 is 5.02. The third-order valence-electron chi connectivity index (χ3n) is 1.92. The van der Waals surface area contributed by atoms with Crippen LogP contribution in [0.4, 0.5) is 0 Å². The molecule has 0 unspecified atom stereocenters. The molecule has 0 radical (unpaired) electrons. The van der Waals surface area contributed by atoms with Crippen LogP contribution in [0.2, 0.25) is 0 Å². The van der Waals surface area contributed by atoms with E-state index in [0.717, 1.165) is 0 Å². The van der Waals surface area contributed by atoms with Crippen LogP contribution in [0.25, 0.3) is 0 Å². The van der Waals surface area contributed by atoms with E-state index in [0.29, 0.717) is 18.8 Å². The SMILES string of the molecule is C=CN(/C=C\C)/C(=C/CN(C)C)C(=O)OCC. The fraction of sp³-hybridized carbons (Fsp3) is 0.462. The number of ether oxygens (including phenoxy) is 1. The lowest BCUT2D eigenvalue weighted by Crippen LogP contribution is -2.22. The number of hydrogen-bond donors (Lipinski definition) is 0. The van der Waals surface area contributed by atoms with E-state index in [-0.39, 0.29) is 5.97 Å². The van der Waals surface area contributed by atoms with E-state index in [4.69, 9.17) is 4.74 Å². The summed E-state index contributed by atoms with van der Waals surface area (Å²) in [5, 5.41) is 0. The van der Waals surface area contributed by atoms with Crippen molar-refractivity contribution in [1.29, 1.82) is 0 Å². The van der Waals surface area contributed by atoms with Crippen molar-refractivity contribution in [2.24, 2.45) is 0 Å². The van der Waals surface area contributed by atoms with Crippen LogP contribution in [-0.2, 0) is 9.53 Å². The molecule has 17 heavy (non-hydrogen) atoms. The molecule has 0 amide bonds. The van der Waals surface area contributed by atoms with Gasteiger partial charge in [-0.2, -0.15) is 0 Å². The molecule has 0 saturated carbocycles. The third kappa shape index (κ3) is 5.92. The fourth-order valence-corrected chi connectivity index (χ4v) is 1.17. The number of carbonyl (C=O) groups is 1. The summed E-state index contributed by atoms with van der Waals surface area (Å²) in [5.74, 6) is -0.340. The Bertz CT molecular complexity index is 307. The molecule has 0 bridgehead atoms. The summed E-state index contributed by atoms with van der Waals surface area (Å²) in [6, 6.07) is 0. The molecule has 0 N–H and O–H groups in total. The first-order valence-corrected chi connectivity index (χ1v) is 5.62. The van der Waals surface area contributed by atoms with Crippen molar-refractivity contribution in [2.45, 2.75) is 13.8 Å². The molecular weight excluding hydrogens is 216 g/mol. The highest BCUT2D eigenvalue weighted by Crippen LogP contribution is 2.08. The summed E-state index contributed by atoms with van der Waals surface area (Å²) >= 11 is 0. The number of allylic oxidation sites excluding steroid dienone is 1. The van der Waals surface area contributed by atoms with E-state index >= 15 is 0 Å². The molecule has 0 fully saturated rings. The van der Waals surface area contributed by atoms with Gasteiger partial charge in [-0.05, 0) is 34.0 Å². The lowest BCUT2D eigenvalue weighted by Gasteiger charge is -2.18. The normalized spacial score (nSPS) is 11.9. The highest BCUT2D eigenvalue weighted by molar-refractivity contribution is 5.88. The van der Waals surface area contributed by atoms with Crippen molar-refractivity contribution < 1.29 is 9.53 Å². The predicted molar refractivity (Wildman–Crippen MR) is 70.1 cm³/mol. The Hall–Kier alpha value is -1.55. The number of nitrogens with zero attached hydrogens (tertiary/aromatic N) is 2. The average molecular weight is 238 g/mol. The van der Waals surface area contributed by atoms with Gasteiger partial charge in [0.2, 0.25) is 0 Å². The van der Waals surface area contributed by atoms with E-state index in [1.165, 1.54) is 0 Å². The maximum atomic E-state index is 11.8. The van der Waals surface area contributed by atoms with E-state index in [1.807, 2.05) is 38.1 Å². The van der Waals surface area contributed by atoms with Crippen LogP contribution in [0.5, 0.6) is 0 Å². The van der Waals surface area contributed by atoms with Crippen molar-refractivity contribution >= 4 is 5.97 Å². The maximum absolute atomic E-state index is 11.8. The largest absolute Gasteiger partial charge is 0.461 e. The van der Waals surface area contributed by atoms with Crippen molar-refractivity contribution in [3.8, 4) is 0 Å². The Morgan fingerprint density at radius 2 is 2.06 bits per heavy atom. The molecule has 0 aromatic heterocycles. The summed E-state index contributed by atoms with van der Waals surface area (Å²) in [5.41, 5.74) is 0.480. The second-order valence-electron chi connectivity index (χ2n) is 3.64. The number of esters is 1. The minimum Gasteiger partial charge on any atom is -0.461 e. The zero-order valence-corrected chi connectivity index (χ0v) is 11.1. The molecule has 0 saturated heterocycles. The van der Waals surface area contributed by atoms with Crippen LogP contribution in [0.15, 0.2) is 36.8 Å². The van der Waals surface area contributed by atoms with Gasteiger partial charge < -0.3 is 14.5 Å². The molecule has 0 aliphatic carbocycles. The van der Waals surface area contributed by atoms with Gasteiger partial charge in [0, 0.05) is 18.9 Å². The summed E-state index contributed by atoms with van der Waals surface area (Å²) in [4.78, 5) is 15.4. The predicted octanol–water partition coefficient (Wildman–Crippen LogP) is 1.97. The van der Waals surface area contributed by atoms with Gasteiger partial charge in [-0.25, -0.2) is 4.79 Å². The van der Waals surface area contributed by atoms with Gasteiger partial charge in [0.1, 0.15) is 5.70 Å². The summed E-state index contributed by atoms with van der Waals surface area (Å²) in [7, 11) is 3.88. The van der Waals surface area contributed by atoms with Gasteiger partial charge in [0.15, 0.2) is 0 Å². The van der Waals surface area contributed by atoms with Crippen molar-refractivity contribution in [1.82, 2.24) is 9.80 Å². The van der Waals surface area contributed by atoms with Gasteiger partial charge in [0.05, 0.1) is 6.61 Å². The molecule has 0 aliphatic rings. The zero-order valence-electron chi connectivity index (χ0n) is 11.1. The molecule has 0 aromatic carbocycles. The molecule has 0 rings (SSSR count). The molecule has 4 heteroatoms. The molecule has 0 aromatic rings. The highest BCUT2D eigenvalue weighted by atomic mass is 16.5. The first-order chi connectivity index (χ1) is 8.06. The molecule has 0 atom stereocenters. The van der Waals surface area contributed by atoms with Gasteiger partial charge in [-0.15, -0.1) is 0 Å². The van der Waals surface area contributed by atoms with Crippen LogP contribution >= 0.6 is 0 Å². The molecule has 4 nitrogen and oxygen atoms in total. The smallest absolute Gasteiger partial charge is 0.354 e. The Labute approximate surface area is 104 Å². The maximum Gasteiger partial charge on any atom is 0.354 e. The lowest BCUT2D eigenvalue weighted by atomic mass is 10.3. The van der Waals surface area contributed by atoms with Crippen molar-refractivity contribution in [3.63, 3.8) is 0 Å². The quantitative estimate of drug-likeness (QED) is 0.501. The van der Waals surface area contributed by atoms with Gasteiger partial charge in [0.25, 0.3) is 0 Å². The average Bonchev–Trinajstić information content (AvgIpc) is 2.27. The van der Waals surface area contributed by atoms with E-state index in [9.17, 15) is 4.79 Å². The van der Waals surface area contributed by atoms with Gasteiger partial charge >= 0.3 is 5.97 Å². The number of rotatable bonds is 7. The molecular formula is C13H22N2O2. The number of carbonyl (C=O) groups excluding carboxylic acids is 1. The molecule has 0 heterocycles. The first-order valence-electron chi connectivity index (χ1n) is 5.62. The minimum absolute atomic E-state index is 0.340. The van der Waals surface area contributed by atoms with Crippen LogP contribution in [0.3, 0.4) is 0 Å².